The van der Waals surface area contributed by atoms with Crippen molar-refractivity contribution in [2.24, 2.45) is 0 Å². The minimum Gasteiger partial charge on any atom is -0.465 e. The third kappa shape index (κ3) is 6.48. The maximum Gasteiger partial charge on any atom is 0.407 e. The van der Waals surface area contributed by atoms with Gasteiger partial charge in [0, 0.05) is 12.7 Å². The number of methoxy groups -OCH3 is 1. The molecule has 8 nitrogen and oxygen atoms in total. The highest BCUT2D eigenvalue weighted by Crippen LogP contribution is 2.33. The van der Waals surface area contributed by atoms with Gasteiger partial charge in [0.2, 0.25) is 0 Å². The molecule has 0 radical (unpaired) electrons. The molecule has 0 bridgehead atoms. The summed E-state index contributed by atoms with van der Waals surface area (Å²) in [5, 5.41) is 8.28. The predicted octanol–water partition coefficient (Wildman–Crippen LogP) is 3.87. The molecule has 2 aromatic rings. The van der Waals surface area contributed by atoms with E-state index in [4.69, 9.17) is 14.6 Å². The minimum absolute atomic E-state index is 0.409. The van der Waals surface area contributed by atoms with E-state index >= 15 is 0 Å². The number of aryl methyl sites for hydroxylation is 1. The molecular weight excluding hydrogens is 404 g/mol. The van der Waals surface area contributed by atoms with Crippen LogP contribution in [-0.4, -0.2) is 46.1 Å². The third-order valence-electron chi connectivity index (χ3n) is 4.10. The van der Waals surface area contributed by atoms with Crippen LogP contribution in [0.5, 0.6) is 0 Å². The molecule has 0 fully saturated rings. The fraction of sp³-hybridized carbons (Fsp3) is 0.524. The largest absolute Gasteiger partial charge is 0.465 e. The van der Waals surface area contributed by atoms with Gasteiger partial charge in [0.25, 0.3) is 0 Å². The maximum absolute atomic E-state index is 11.9. The van der Waals surface area contributed by atoms with E-state index in [-0.39, 0.29) is 0 Å². The highest BCUT2D eigenvalue weighted by atomic mass is 32.2. The minimum atomic E-state index is -0.528. The maximum atomic E-state index is 11.9. The van der Waals surface area contributed by atoms with E-state index in [0.717, 1.165) is 34.2 Å². The summed E-state index contributed by atoms with van der Waals surface area (Å²) in [6.07, 6.45) is 2.65. The van der Waals surface area contributed by atoms with Crippen LogP contribution < -0.4 is 5.32 Å². The lowest BCUT2D eigenvalue weighted by atomic mass is 10.2. The Kier molecular flexibility index (Phi) is 8.28. The number of esters is 1. The van der Waals surface area contributed by atoms with Crippen molar-refractivity contribution in [3.05, 3.63) is 35.3 Å². The standard InChI is InChI=1S/C21H30N4O4S/c1-7-15-18(30-17-10-9-14(13-23-17)19(26)28-6)16(8-2)25(24-15)12-11-22-20(27)29-21(3,4)5/h9-10,13H,7-8,11-12H2,1-6H3,(H,22,27). The van der Waals surface area contributed by atoms with Crippen LogP contribution in [0, 0.1) is 0 Å². The molecule has 0 aliphatic carbocycles. The smallest absolute Gasteiger partial charge is 0.407 e. The van der Waals surface area contributed by atoms with E-state index in [1.807, 2.05) is 25.5 Å². The van der Waals surface area contributed by atoms with Gasteiger partial charge in [-0.15, -0.1) is 0 Å². The summed E-state index contributed by atoms with van der Waals surface area (Å²) in [4.78, 5) is 28.9. The van der Waals surface area contributed by atoms with Crippen LogP contribution in [0.3, 0.4) is 0 Å². The number of ether oxygens (including phenoxy) is 2. The number of amides is 1. The van der Waals surface area contributed by atoms with E-state index in [1.54, 1.807) is 12.1 Å². The molecule has 0 saturated heterocycles. The molecule has 1 N–H and O–H groups in total. The molecule has 0 spiro atoms. The fourth-order valence-electron chi connectivity index (χ4n) is 2.77. The van der Waals surface area contributed by atoms with Crippen molar-refractivity contribution in [2.45, 2.75) is 69.5 Å². The molecule has 164 valence electrons. The molecule has 30 heavy (non-hydrogen) atoms. The van der Waals surface area contributed by atoms with Gasteiger partial charge in [-0.2, -0.15) is 5.10 Å². The van der Waals surface area contributed by atoms with E-state index in [2.05, 4.69) is 24.1 Å². The number of nitrogens with zero attached hydrogens (tertiary/aromatic N) is 3. The lowest BCUT2D eigenvalue weighted by molar-refractivity contribution is 0.0524. The number of hydrogen-bond donors (Lipinski definition) is 1. The molecule has 2 heterocycles. The van der Waals surface area contributed by atoms with E-state index in [0.29, 0.717) is 18.7 Å². The Hall–Kier alpha value is -2.55. The second-order valence-electron chi connectivity index (χ2n) is 7.56. The van der Waals surface area contributed by atoms with Gasteiger partial charge in [-0.05, 0) is 45.7 Å². The van der Waals surface area contributed by atoms with Crippen LogP contribution in [0.1, 0.15) is 56.4 Å². The second kappa shape index (κ2) is 10.5. The molecule has 2 aromatic heterocycles. The monoisotopic (exact) mass is 434 g/mol. The van der Waals surface area contributed by atoms with Gasteiger partial charge in [0.15, 0.2) is 0 Å². The average molecular weight is 435 g/mol. The normalized spacial score (nSPS) is 11.3. The molecule has 0 unspecified atom stereocenters. The number of carbonyl (C=O) groups is 2. The van der Waals surface area contributed by atoms with Crippen LogP contribution >= 0.6 is 11.8 Å². The van der Waals surface area contributed by atoms with Crippen LogP contribution in [0.2, 0.25) is 0 Å². The Morgan fingerprint density at radius 3 is 2.47 bits per heavy atom. The first-order chi connectivity index (χ1) is 14.2. The molecule has 0 atom stereocenters. The van der Waals surface area contributed by atoms with Gasteiger partial charge in [-0.25, -0.2) is 14.6 Å². The zero-order chi connectivity index (χ0) is 22.3. The highest BCUT2D eigenvalue weighted by molar-refractivity contribution is 7.99. The number of rotatable bonds is 8. The van der Waals surface area contributed by atoms with Crippen molar-refractivity contribution in [2.75, 3.05) is 13.7 Å². The zero-order valence-electron chi connectivity index (χ0n) is 18.4. The Morgan fingerprint density at radius 2 is 1.93 bits per heavy atom. The van der Waals surface area contributed by atoms with Crippen LogP contribution in [-0.2, 0) is 28.9 Å². The quantitative estimate of drug-likeness (QED) is 0.630. The van der Waals surface area contributed by atoms with Crippen LogP contribution in [0.4, 0.5) is 4.79 Å². The zero-order valence-corrected chi connectivity index (χ0v) is 19.3. The van der Waals surface area contributed by atoms with Crippen LogP contribution in [0.25, 0.3) is 0 Å². The first-order valence-corrected chi connectivity index (χ1v) is 10.8. The summed E-state index contributed by atoms with van der Waals surface area (Å²) in [6, 6.07) is 3.50. The summed E-state index contributed by atoms with van der Waals surface area (Å²) in [5.74, 6) is -0.409. The number of alkyl carbamates (subject to hydrolysis) is 1. The average Bonchev–Trinajstić information content (AvgIpc) is 3.02. The molecule has 0 aromatic carbocycles. The predicted molar refractivity (Wildman–Crippen MR) is 115 cm³/mol. The Balaban J connectivity index is 2.12. The van der Waals surface area contributed by atoms with Gasteiger partial charge < -0.3 is 14.8 Å². The van der Waals surface area contributed by atoms with E-state index < -0.39 is 17.7 Å². The Bertz CT molecular complexity index is 872. The Morgan fingerprint density at radius 1 is 1.20 bits per heavy atom. The highest BCUT2D eigenvalue weighted by Gasteiger charge is 2.19. The number of pyridine rings is 1. The topological polar surface area (TPSA) is 95.3 Å². The SMILES string of the molecule is CCc1nn(CCNC(=O)OC(C)(C)C)c(CC)c1Sc1ccc(C(=O)OC)cn1. The summed E-state index contributed by atoms with van der Waals surface area (Å²) in [5.41, 5.74) is 1.95. The van der Waals surface area contributed by atoms with Crippen molar-refractivity contribution in [1.29, 1.82) is 0 Å². The molecule has 0 saturated carbocycles. The molecule has 0 aliphatic rings. The summed E-state index contributed by atoms with van der Waals surface area (Å²) < 4.78 is 11.9. The summed E-state index contributed by atoms with van der Waals surface area (Å²) in [6.45, 7) is 10.6. The second-order valence-corrected chi connectivity index (χ2v) is 8.59. The molecule has 2 rings (SSSR count). The van der Waals surface area contributed by atoms with Gasteiger partial charge in [-0.1, -0.05) is 25.6 Å². The molecule has 1 amide bonds. The number of aromatic nitrogens is 3. The van der Waals surface area contributed by atoms with Gasteiger partial charge in [0.1, 0.15) is 10.6 Å². The van der Waals surface area contributed by atoms with Gasteiger partial charge in [0.05, 0.1) is 35.5 Å². The van der Waals surface area contributed by atoms with Crippen molar-refractivity contribution in [3.8, 4) is 0 Å². The Labute approximate surface area is 181 Å². The van der Waals surface area contributed by atoms with Crippen molar-refractivity contribution in [1.82, 2.24) is 20.1 Å². The summed E-state index contributed by atoms with van der Waals surface area (Å²) in [7, 11) is 1.35. The number of hydrogen-bond acceptors (Lipinski definition) is 7. The first kappa shape index (κ1) is 23.7. The van der Waals surface area contributed by atoms with Gasteiger partial charge >= 0.3 is 12.1 Å². The lowest BCUT2D eigenvalue weighted by Gasteiger charge is -2.19. The van der Waals surface area contributed by atoms with E-state index in [1.165, 1.54) is 25.1 Å². The van der Waals surface area contributed by atoms with Crippen molar-refractivity contribution < 1.29 is 19.1 Å². The first-order valence-electron chi connectivity index (χ1n) is 9.96. The molecule has 9 heteroatoms. The fourth-order valence-corrected chi connectivity index (χ4v) is 3.90. The molecular formula is C21H30N4O4S. The lowest BCUT2D eigenvalue weighted by Crippen LogP contribution is -2.34. The van der Waals surface area contributed by atoms with Crippen molar-refractivity contribution in [3.63, 3.8) is 0 Å². The number of nitrogens with one attached hydrogen (secondary N) is 1. The van der Waals surface area contributed by atoms with Crippen LogP contribution in [0.15, 0.2) is 28.3 Å². The summed E-state index contributed by atoms with van der Waals surface area (Å²) >= 11 is 1.53. The van der Waals surface area contributed by atoms with E-state index in [9.17, 15) is 9.59 Å². The van der Waals surface area contributed by atoms with Gasteiger partial charge in [-0.3, -0.25) is 4.68 Å². The molecule has 0 aliphatic heterocycles. The number of carbonyl (C=O) groups excluding carboxylic acids is 2. The third-order valence-corrected chi connectivity index (χ3v) is 5.23. The van der Waals surface area contributed by atoms with Crippen molar-refractivity contribution >= 4 is 23.8 Å².